The van der Waals surface area contributed by atoms with E-state index in [4.69, 9.17) is 22.1 Å². The van der Waals surface area contributed by atoms with Crippen LogP contribution in [0.15, 0.2) is 10.5 Å². The third kappa shape index (κ3) is 1.45. The van der Waals surface area contributed by atoms with Gasteiger partial charge in [-0.1, -0.05) is 27.5 Å². The molecule has 1 aliphatic rings. The third-order valence-electron chi connectivity index (χ3n) is 2.16. The Kier molecular flexibility index (Phi) is 2.49. The number of rotatable bonds is 1. The van der Waals surface area contributed by atoms with E-state index in [9.17, 15) is 0 Å². The lowest BCUT2D eigenvalue weighted by atomic mass is 10.1. The second-order valence-corrected chi connectivity index (χ2v) is 4.14. The number of hydrogen-bond donors (Lipinski definition) is 1. The fraction of sp³-hybridized carbons (Fsp3) is 0.333. The van der Waals surface area contributed by atoms with Gasteiger partial charge in [-0.05, 0) is 11.6 Å². The first-order chi connectivity index (χ1) is 6.24. The molecule has 2 N–H and O–H groups in total. The van der Waals surface area contributed by atoms with E-state index in [1.165, 1.54) is 0 Å². The minimum absolute atomic E-state index is 0.494. The quantitative estimate of drug-likeness (QED) is 0.844. The molecule has 0 amide bonds. The van der Waals surface area contributed by atoms with Gasteiger partial charge in [0.05, 0.1) is 11.6 Å². The lowest BCUT2D eigenvalue weighted by Crippen LogP contribution is -1.99. The monoisotopic (exact) mass is 261 g/mol. The van der Waals surface area contributed by atoms with Gasteiger partial charge >= 0.3 is 0 Å². The second kappa shape index (κ2) is 3.48. The molecule has 0 saturated carbocycles. The van der Waals surface area contributed by atoms with Crippen LogP contribution >= 0.6 is 27.5 Å². The Labute approximate surface area is 90.1 Å². The van der Waals surface area contributed by atoms with Crippen LogP contribution in [0.4, 0.5) is 0 Å². The van der Waals surface area contributed by atoms with Crippen molar-refractivity contribution in [2.24, 2.45) is 5.73 Å². The first kappa shape index (κ1) is 9.31. The van der Waals surface area contributed by atoms with Gasteiger partial charge in [0.1, 0.15) is 5.75 Å². The minimum Gasteiger partial charge on any atom is -0.491 e. The normalized spacial score (nSPS) is 14.1. The molecule has 70 valence electrons. The van der Waals surface area contributed by atoms with Crippen molar-refractivity contribution >= 4 is 27.5 Å². The standard InChI is InChI=1S/C9H9BrClNO/c10-8-5(4-12)3-7(11)9-6(8)1-2-13-9/h3H,1-2,4,12H2. The minimum atomic E-state index is 0.494. The van der Waals surface area contributed by atoms with Crippen LogP contribution in [0.25, 0.3) is 0 Å². The molecule has 0 saturated heterocycles. The van der Waals surface area contributed by atoms with Gasteiger partial charge in [0.2, 0.25) is 0 Å². The third-order valence-corrected chi connectivity index (χ3v) is 3.43. The maximum absolute atomic E-state index is 6.02. The van der Waals surface area contributed by atoms with Crippen LogP contribution in [0.5, 0.6) is 5.75 Å². The van der Waals surface area contributed by atoms with Crippen LogP contribution in [0.1, 0.15) is 11.1 Å². The smallest absolute Gasteiger partial charge is 0.142 e. The number of fused-ring (bicyclic) bond motifs is 1. The highest BCUT2D eigenvalue weighted by Crippen LogP contribution is 2.40. The summed E-state index contributed by atoms with van der Waals surface area (Å²) >= 11 is 9.53. The Hall–Kier alpha value is -0.250. The van der Waals surface area contributed by atoms with Crippen LogP contribution in [-0.2, 0) is 13.0 Å². The zero-order chi connectivity index (χ0) is 9.42. The van der Waals surface area contributed by atoms with Crippen molar-refractivity contribution in [2.45, 2.75) is 13.0 Å². The molecule has 0 aliphatic carbocycles. The fourth-order valence-electron chi connectivity index (χ4n) is 1.50. The Balaban J connectivity index is 2.62. The van der Waals surface area contributed by atoms with E-state index in [2.05, 4.69) is 15.9 Å². The molecule has 0 unspecified atom stereocenters. The average Bonchev–Trinajstić information content (AvgIpc) is 2.60. The molecule has 1 aromatic carbocycles. The fourth-order valence-corrected chi connectivity index (χ4v) is 2.46. The molecule has 0 atom stereocenters. The van der Waals surface area contributed by atoms with Crippen molar-refractivity contribution in [3.05, 3.63) is 26.7 Å². The number of ether oxygens (including phenoxy) is 1. The van der Waals surface area contributed by atoms with Crippen LogP contribution in [0.2, 0.25) is 5.02 Å². The summed E-state index contributed by atoms with van der Waals surface area (Å²) in [6, 6.07) is 1.86. The molecule has 1 aliphatic heterocycles. The van der Waals surface area contributed by atoms with Crippen molar-refractivity contribution in [2.75, 3.05) is 6.61 Å². The number of benzene rings is 1. The summed E-state index contributed by atoms with van der Waals surface area (Å²) in [5.74, 6) is 0.811. The summed E-state index contributed by atoms with van der Waals surface area (Å²) in [5, 5.41) is 0.663. The van der Waals surface area contributed by atoms with E-state index in [1.807, 2.05) is 6.07 Å². The molecule has 2 nitrogen and oxygen atoms in total. The summed E-state index contributed by atoms with van der Waals surface area (Å²) in [4.78, 5) is 0. The Bertz CT molecular complexity index is 354. The molecule has 0 fully saturated rings. The molecule has 2 rings (SSSR count). The molecular formula is C9H9BrClNO. The first-order valence-electron chi connectivity index (χ1n) is 4.06. The van der Waals surface area contributed by atoms with E-state index >= 15 is 0 Å². The number of halogens is 2. The highest BCUT2D eigenvalue weighted by Gasteiger charge is 2.20. The topological polar surface area (TPSA) is 35.2 Å². The summed E-state index contributed by atoms with van der Waals surface area (Å²) in [6.45, 7) is 1.20. The van der Waals surface area contributed by atoms with Gasteiger partial charge in [0.25, 0.3) is 0 Å². The largest absolute Gasteiger partial charge is 0.491 e. The van der Waals surface area contributed by atoms with Crippen molar-refractivity contribution in [3.63, 3.8) is 0 Å². The predicted molar refractivity (Wildman–Crippen MR) is 56.2 cm³/mol. The van der Waals surface area contributed by atoms with E-state index in [-0.39, 0.29) is 0 Å². The van der Waals surface area contributed by atoms with Gasteiger partial charge in [-0.15, -0.1) is 0 Å². The SMILES string of the molecule is NCc1cc(Cl)c2c(c1Br)CCO2. The van der Waals surface area contributed by atoms with Gasteiger partial charge in [0.15, 0.2) is 0 Å². The maximum atomic E-state index is 6.02. The Morgan fingerprint density at radius 3 is 3.08 bits per heavy atom. The summed E-state index contributed by atoms with van der Waals surface area (Å²) < 4.78 is 6.45. The van der Waals surface area contributed by atoms with Gasteiger partial charge in [-0.3, -0.25) is 0 Å². The zero-order valence-corrected chi connectivity index (χ0v) is 9.28. The summed E-state index contributed by atoms with van der Waals surface area (Å²) in [6.07, 6.45) is 0.906. The van der Waals surface area contributed by atoms with Gasteiger partial charge in [-0.2, -0.15) is 0 Å². The lowest BCUT2D eigenvalue weighted by Gasteiger charge is -2.08. The molecule has 0 spiro atoms. The van der Waals surface area contributed by atoms with Crippen molar-refractivity contribution in [1.29, 1.82) is 0 Å². The Morgan fingerprint density at radius 2 is 2.38 bits per heavy atom. The zero-order valence-electron chi connectivity index (χ0n) is 6.94. The van der Waals surface area contributed by atoms with Crippen molar-refractivity contribution in [1.82, 2.24) is 0 Å². The highest BCUT2D eigenvalue weighted by molar-refractivity contribution is 9.10. The predicted octanol–water partition coefficient (Wildman–Crippen LogP) is 2.50. The molecule has 1 aromatic rings. The number of hydrogen-bond acceptors (Lipinski definition) is 2. The maximum Gasteiger partial charge on any atom is 0.142 e. The molecule has 4 heteroatoms. The molecular weight excluding hydrogens is 253 g/mol. The van der Waals surface area contributed by atoms with E-state index in [0.29, 0.717) is 18.2 Å². The van der Waals surface area contributed by atoms with Crippen molar-refractivity contribution < 1.29 is 4.74 Å². The first-order valence-corrected chi connectivity index (χ1v) is 5.23. The van der Waals surface area contributed by atoms with Gasteiger partial charge < -0.3 is 10.5 Å². The van der Waals surface area contributed by atoms with Crippen molar-refractivity contribution in [3.8, 4) is 5.75 Å². The molecule has 1 heterocycles. The van der Waals surface area contributed by atoms with Crippen LogP contribution in [-0.4, -0.2) is 6.61 Å². The van der Waals surface area contributed by atoms with Gasteiger partial charge in [-0.25, -0.2) is 0 Å². The summed E-state index contributed by atoms with van der Waals surface area (Å²) in [7, 11) is 0. The number of nitrogens with two attached hydrogens (primary N) is 1. The molecule has 13 heavy (non-hydrogen) atoms. The molecule has 0 aromatic heterocycles. The molecule has 0 radical (unpaired) electrons. The van der Waals surface area contributed by atoms with Crippen LogP contribution < -0.4 is 10.5 Å². The average molecular weight is 263 g/mol. The van der Waals surface area contributed by atoms with E-state index < -0.39 is 0 Å². The Morgan fingerprint density at radius 1 is 1.62 bits per heavy atom. The van der Waals surface area contributed by atoms with Crippen LogP contribution in [0, 0.1) is 0 Å². The summed E-state index contributed by atoms with van der Waals surface area (Å²) in [5.41, 5.74) is 7.77. The second-order valence-electron chi connectivity index (χ2n) is 2.94. The highest BCUT2D eigenvalue weighted by atomic mass is 79.9. The molecule has 0 bridgehead atoms. The van der Waals surface area contributed by atoms with E-state index in [1.54, 1.807) is 0 Å². The van der Waals surface area contributed by atoms with Crippen LogP contribution in [0.3, 0.4) is 0 Å². The van der Waals surface area contributed by atoms with E-state index in [0.717, 1.165) is 27.8 Å². The van der Waals surface area contributed by atoms with Gasteiger partial charge in [0, 0.05) is 23.0 Å². The lowest BCUT2D eigenvalue weighted by molar-refractivity contribution is 0.357.